The first-order valence-electron chi connectivity index (χ1n) is 5.32. The Morgan fingerprint density at radius 3 is 2.81 bits per heavy atom. The SMILES string of the molecule is Cc1cc(CNc2ncccc2C)n(C)n1. The molecule has 0 spiro atoms. The fraction of sp³-hybridized carbons (Fsp3) is 0.333. The molecule has 0 radical (unpaired) electrons. The molecule has 0 amide bonds. The molecular formula is C12H16N4. The molecule has 0 saturated carbocycles. The van der Waals surface area contributed by atoms with Gasteiger partial charge in [-0.05, 0) is 31.5 Å². The molecule has 2 heterocycles. The highest BCUT2D eigenvalue weighted by Crippen LogP contribution is 2.11. The third-order valence-corrected chi connectivity index (χ3v) is 2.55. The first kappa shape index (κ1) is 10.7. The summed E-state index contributed by atoms with van der Waals surface area (Å²) in [5.41, 5.74) is 3.35. The van der Waals surface area contributed by atoms with E-state index < -0.39 is 0 Å². The van der Waals surface area contributed by atoms with E-state index in [0.717, 1.165) is 29.3 Å². The van der Waals surface area contributed by atoms with E-state index in [1.54, 1.807) is 6.20 Å². The van der Waals surface area contributed by atoms with Crippen molar-refractivity contribution in [2.24, 2.45) is 7.05 Å². The Morgan fingerprint density at radius 2 is 2.19 bits per heavy atom. The van der Waals surface area contributed by atoms with Crippen molar-refractivity contribution >= 4 is 5.82 Å². The predicted octanol–water partition coefficient (Wildman–Crippen LogP) is 2.04. The van der Waals surface area contributed by atoms with E-state index >= 15 is 0 Å². The number of pyridine rings is 1. The maximum atomic E-state index is 4.30. The first-order chi connectivity index (χ1) is 7.66. The average Bonchev–Trinajstić information content (AvgIpc) is 2.56. The lowest BCUT2D eigenvalue weighted by molar-refractivity contribution is 0.712. The number of anilines is 1. The van der Waals surface area contributed by atoms with Gasteiger partial charge >= 0.3 is 0 Å². The van der Waals surface area contributed by atoms with Gasteiger partial charge in [0, 0.05) is 13.2 Å². The first-order valence-corrected chi connectivity index (χ1v) is 5.32. The van der Waals surface area contributed by atoms with Crippen LogP contribution in [-0.4, -0.2) is 14.8 Å². The van der Waals surface area contributed by atoms with Gasteiger partial charge in [-0.1, -0.05) is 6.07 Å². The van der Waals surface area contributed by atoms with E-state index in [-0.39, 0.29) is 0 Å². The molecule has 0 aliphatic carbocycles. The topological polar surface area (TPSA) is 42.7 Å². The van der Waals surface area contributed by atoms with Crippen molar-refractivity contribution in [1.82, 2.24) is 14.8 Å². The van der Waals surface area contributed by atoms with Crippen LogP contribution >= 0.6 is 0 Å². The summed E-state index contributed by atoms with van der Waals surface area (Å²) >= 11 is 0. The van der Waals surface area contributed by atoms with Crippen molar-refractivity contribution in [3.05, 3.63) is 41.3 Å². The van der Waals surface area contributed by atoms with Crippen LogP contribution in [0.25, 0.3) is 0 Å². The van der Waals surface area contributed by atoms with Gasteiger partial charge in [0.05, 0.1) is 17.9 Å². The maximum Gasteiger partial charge on any atom is 0.129 e. The molecule has 0 unspecified atom stereocenters. The summed E-state index contributed by atoms with van der Waals surface area (Å²) in [5.74, 6) is 0.932. The Labute approximate surface area is 95.3 Å². The minimum Gasteiger partial charge on any atom is -0.364 e. The number of hydrogen-bond acceptors (Lipinski definition) is 3. The van der Waals surface area contributed by atoms with E-state index in [9.17, 15) is 0 Å². The number of rotatable bonds is 3. The molecule has 0 aliphatic rings. The second-order valence-electron chi connectivity index (χ2n) is 3.92. The van der Waals surface area contributed by atoms with E-state index in [4.69, 9.17) is 0 Å². The van der Waals surface area contributed by atoms with E-state index in [0.29, 0.717) is 0 Å². The van der Waals surface area contributed by atoms with Gasteiger partial charge in [0.2, 0.25) is 0 Å². The van der Waals surface area contributed by atoms with Gasteiger partial charge in [0.15, 0.2) is 0 Å². The molecule has 2 aromatic rings. The molecule has 0 aromatic carbocycles. The van der Waals surface area contributed by atoms with Crippen LogP contribution in [0.4, 0.5) is 5.82 Å². The van der Waals surface area contributed by atoms with Gasteiger partial charge in [-0.25, -0.2) is 4.98 Å². The standard InChI is InChI=1S/C12H16N4/c1-9-5-4-6-13-12(9)14-8-11-7-10(2)15-16(11)3/h4-7H,8H2,1-3H3,(H,13,14). The van der Waals surface area contributed by atoms with E-state index in [1.165, 1.54) is 0 Å². The highest BCUT2D eigenvalue weighted by atomic mass is 15.3. The Balaban J connectivity index is 2.08. The summed E-state index contributed by atoms with van der Waals surface area (Å²) in [6.07, 6.45) is 1.80. The third kappa shape index (κ3) is 2.21. The van der Waals surface area contributed by atoms with Crippen LogP contribution in [0.15, 0.2) is 24.4 Å². The van der Waals surface area contributed by atoms with Crippen molar-refractivity contribution in [1.29, 1.82) is 0 Å². The summed E-state index contributed by atoms with van der Waals surface area (Å²) in [6, 6.07) is 6.06. The Morgan fingerprint density at radius 1 is 1.38 bits per heavy atom. The average molecular weight is 216 g/mol. The highest BCUT2D eigenvalue weighted by molar-refractivity contribution is 5.42. The normalized spacial score (nSPS) is 10.4. The minimum atomic E-state index is 0.745. The molecule has 1 N–H and O–H groups in total. The lowest BCUT2D eigenvalue weighted by atomic mass is 10.3. The van der Waals surface area contributed by atoms with Gasteiger partial charge in [0.25, 0.3) is 0 Å². The molecule has 2 rings (SSSR count). The van der Waals surface area contributed by atoms with Gasteiger partial charge in [0.1, 0.15) is 5.82 Å². The summed E-state index contributed by atoms with van der Waals surface area (Å²) < 4.78 is 1.89. The minimum absolute atomic E-state index is 0.745. The van der Waals surface area contributed by atoms with Crippen molar-refractivity contribution in [3.63, 3.8) is 0 Å². The molecule has 0 bridgehead atoms. The molecule has 0 saturated heterocycles. The molecule has 4 nitrogen and oxygen atoms in total. The summed E-state index contributed by atoms with van der Waals surface area (Å²) in [5, 5.41) is 7.61. The lowest BCUT2D eigenvalue weighted by Crippen LogP contribution is -2.07. The zero-order chi connectivity index (χ0) is 11.5. The quantitative estimate of drug-likeness (QED) is 0.853. The zero-order valence-electron chi connectivity index (χ0n) is 9.86. The summed E-state index contributed by atoms with van der Waals surface area (Å²) in [6.45, 7) is 4.79. The molecule has 4 heteroatoms. The molecule has 2 aromatic heterocycles. The predicted molar refractivity (Wildman–Crippen MR) is 64.2 cm³/mol. The van der Waals surface area contributed by atoms with Crippen LogP contribution in [0.5, 0.6) is 0 Å². The second-order valence-corrected chi connectivity index (χ2v) is 3.92. The van der Waals surface area contributed by atoms with Crippen molar-refractivity contribution < 1.29 is 0 Å². The fourth-order valence-electron chi connectivity index (χ4n) is 1.67. The molecule has 16 heavy (non-hydrogen) atoms. The van der Waals surface area contributed by atoms with E-state index in [2.05, 4.69) is 21.5 Å². The number of nitrogens with zero attached hydrogens (tertiary/aromatic N) is 3. The molecule has 84 valence electrons. The largest absolute Gasteiger partial charge is 0.364 e. The number of hydrogen-bond donors (Lipinski definition) is 1. The smallest absolute Gasteiger partial charge is 0.129 e. The van der Waals surface area contributed by atoms with Gasteiger partial charge < -0.3 is 5.32 Å². The van der Waals surface area contributed by atoms with Crippen LogP contribution in [-0.2, 0) is 13.6 Å². The monoisotopic (exact) mass is 216 g/mol. The third-order valence-electron chi connectivity index (χ3n) is 2.55. The summed E-state index contributed by atoms with van der Waals surface area (Å²) in [4.78, 5) is 4.29. The van der Waals surface area contributed by atoms with Crippen molar-refractivity contribution in [2.45, 2.75) is 20.4 Å². The fourth-order valence-corrected chi connectivity index (χ4v) is 1.67. The van der Waals surface area contributed by atoms with Gasteiger partial charge in [-0.3, -0.25) is 4.68 Å². The van der Waals surface area contributed by atoms with Crippen LogP contribution in [0.1, 0.15) is 17.0 Å². The zero-order valence-corrected chi connectivity index (χ0v) is 9.86. The highest BCUT2D eigenvalue weighted by Gasteiger charge is 2.03. The van der Waals surface area contributed by atoms with E-state index in [1.807, 2.05) is 37.7 Å². The van der Waals surface area contributed by atoms with Gasteiger partial charge in [-0.2, -0.15) is 5.10 Å². The maximum absolute atomic E-state index is 4.30. The molecule has 0 atom stereocenters. The number of aryl methyl sites for hydroxylation is 3. The molecule has 0 aliphatic heterocycles. The Kier molecular flexibility index (Phi) is 2.90. The molecule has 0 fully saturated rings. The Hall–Kier alpha value is -1.84. The number of nitrogens with one attached hydrogen (secondary N) is 1. The van der Waals surface area contributed by atoms with Gasteiger partial charge in [-0.15, -0.1) is 0 Å². The van der Waals surface area contributed by atoms with Crippen LogP contribution < -0.4 is 5.32 Å². The lowest BCUT2D eigenvalue weighted by Gasteiger charge is -2.07. The van der Waals surface area contributed by atoms with Crippen LogP contribution in [0.2, 0.25) is 0 Å². The van der Waals surface area contributed by atoms with Crippen molar-refractivity contribution in [2.75, 3.05) is 5.32 Å². The van der Waals surface area contributed by atoms with Crippen molar-refractivity contribution in [3.8, 4) is 0 Å². The summed E-state index contributed by atoms with van der Waals surface area (Å²) in [7, 11) is 1.95. The second kappa shape index (κ2) is 4.35. The number of aromatic nitrogens is 3. The molecular weight excluding hydrogens is 200 g/mol. The van der Waals surface area contributed by atoms with Crippen LogP contribution in [0, 0.1) is 13.8 Å². The Bertz CT molecular complexity index is 488. The van der Waals surface area contributed by atoms with Crippen LogP contribution in [0.3, 0.4) is 0 Å².